The van der Waals surface area contributed by atoms with Crippen LogP contribution in [0.1, 0.15) is 35.9 Å². The lowest BCUT2D eigenvalue weighted by Crippen LogP contribution is -2.40. The SMILES string of the molecule is CCC[C@H]1CN(CCC(=O)NC)C[C@@H]1NC(=O)c1sccc1Cl.Cl. The van der Waals surface area contributed by atoms with Crippen molar-refractivity contribution >= 4 is 47.2 Å². The van der Waals surface area contributed by atoms with E-state index in [0.717, 1.165) is 32.5 Å². The van der Waals surface area contributed by atoms with E-state index in [1.807, 2.05) is 5.38 Å². The van der Waals surface area contributed by atoms with Crippen LogP contribution < -0.4 is 10.6 Å². The number of thiophene rings is 1. The van der Waals surface area contributed by atoms with Crippen molar-refractivity contribution in [2.24, 2.45) is 5.92 Å². The smallest absolute Gasteiger partial charge is 0.263 e. The zero-order valence-electron chi connectivity index (χ0n) is 14.0. The first-order chi connectivity index (χ1) is 11.0. The number of amides is 2. The molecular weight excluding hydrogens is 369 g/mol. The summed E-state index contributed by atoms with van der Waals surface area (Å²) in [7, 11) is 1.65. The van der Waals surface area contributed by atoms with Crippen molar-refractivity contribution < 1.29 is 9.59 Å². The molecule has 0 unspecified atom stereocenters. The van der Waals surface area contributed by atoms with Crippen molar-refractivity contribution in [3.05, 3.63) is 21.3 Å². The normalized spacial score (nSPS) is 20.5. The number of hydrogen-bond acceptors (Lipinski definition) is 4. The molecule has 2 rings (SSSR count). The second-order valence-electron chi connectivity index (χ2n) is 5.91. The molecule has 8 heteroatoms. The lowest BCUT2D eigenvalue weighted by molar-refractivity contribution is -0.120. The molecule has 136 valence electrons. The molecule has 1 aliphatic heterocycles. The van der Waals surface area contributed by atoms with E-state index < -0.39 is 0 Å². The van der Waals surface area contributed by atoms with Gasteiger partial charge in [-0.2, -0.15) is 0 Å². The minimum atomic E-state index is -0.0933. The van der Waals surface area contributed by atoms with E-state index in [4.69, 9.17) is 11.6 Å². The second kappa shape index (κ2) is 10.2. The summed E-state index contributed by atoms with van der Waals surface area (Å²) in [6.45, 7) is 4.60. The fourth-order valence-corrected chi connectivity index (χ4v) is 4.09. The van der Waals surface area contributed by atoms with Gasteiger partial charge in [0.1, 0.15) is 4.88 Å². The Hall–Kier alpha value is -0.820. The fourth-order valence-electron chi connectivity index (χ4n) is 3.04. The first-order valence-electron chi connectivity index (χ1n) is 8.02. The second-order valence-corrected chi connectivity index (χ2v) is 7.23. The quantitative estimate of drug-likeness (QED) is 0.748. The van der Waals surface area contributed by atoms with Gasteiger partial charge < -0.3 is 15.5 Å². The maximum absolute atomic E-state index is 12.4. The molecule has 0 saturated carbocycles. The van der Waals surface area contributed by atoms with Crippen molar-refractivity contribution in [2.45, 2.75) is 32.2 Å². The number of nitrogens with one attached hydrogen (secondary N) is 2. The number of rotatable bonds is 7. The number of hydrogen-bond donors (Lipinski definition) is 2. The van der Waals surface area contributed by atoms with Gasteiger partial charge in [0.25, 0.3) is 5.91 Å². The summed E-state index contributed by atoms with van der Waals surface area (Å²) in [4.78, 5) is 26.6. The maximum Gasteiger partial charge on any atom is 0.263 e. The predicted molar refractivity (Wildman–Crippen MR) is 101 cm³/mol. The molecule has 0 bridgehead atoms. The molecule has 1 aromatic heterocycles. The predicted octanol–water partition coefficient (Wildman–Crippen LogP) is 2.79. The summed E-state index contributed by atoms with van der Waals surface area (Å²) in [5.41, 5.74) is 0. The summed E-state index contributed by atoms with van der Waals surface area (Å²) in [5.74, 6) is 0.381. The van der Waals surface area contributed by atoms with Gasteiger partial charge in [-0.05, 0) is 23.8 Å². The van der Waals surface area contributed by atoms with Crippen LogP contribution in [0.4, 0.5) is 0 Å². The Kier molecular flexibility index (Phi) is 9.05. The van der Waals surface area contributed by atoms with Crippen LogP contribution in [0.5, 0.6) is 0 Å². The van der Waals surface area contributed by atoms with Crippen molar-refractivity contribution in [3.8, 4) is 0 Å². The summed E-state index contributed by atoms with van der Waals surface area (Å²) < 4.78 is 0. The highest BCUT2D eigenvalue weighted by molar-refractivity contribution is 7.12. The number of nitrogens with zero attached hydrogens (tertiary/aromatic N) is 1. The van der Waals surface area contributed by atoms with Crippen molar-refractivity contribution in [1.29, 1.82) is 0 Å². The van der Waals surface area contributed by atoms with Crippen LogP contribution in [0.2, 0.25) is 5.02 Å². The molecule has 1 aliphatic rings. The molecule has 2 heterocycles. The largest absolute Gasteiger partial charge is 0.359 e. The summed E-state index contributed by atoms with van der Waals surface area (Å²) in [6.07, 6.45) is 2.65. The van der Waals surface area contributed by atoms with Gasteiger partial charge in [-0.3, -0.25) is 9.59 Å². The van der Waals surface area contributed by atoms with E-state index in [9.17, 15) is 9.59 Å². The number of likely N-dealkylation sites (tertiary alicyclic amines) is 1. The minimum absolute atomic E-state index is 0. The van der Waals surface area contributed by atoms with E-state index in [-0.39, 0.29) is 30.3 Å². The molecule has 1 fully saturated rings. The number of halogens is 2. The van der Waals surface area contributed by atoms with E-state index in [0.29, 0.717) is 22.2 Å². The van der Waals surface area contributed by atoms with Crippen LogP contribution in [0.25, 0.3) is 0 Å². The van der Waals surface area contributed by atoms with Gasteiger partial charge in [-0.1, -0.05) is 24.9 Å². The lowest BCUT2D eigenvalue weighted by Gasteiger charge is -2.19. The Balaban J connectivity index is 0.00000288. The molecule has 1 saturated heterocycles. The van der Waals surface area contributed by atoms with Gasteiger partial charge >= 0.3 is 0 Å². The van der Waals surface area contributed by atoms with E-state index in [1.165, 1.54) is 11.3 Å². The van der Waals surface area contributed by atoms with Gasteiger partial charge in [0.05, 0.1) is 5.02 Å². The third-order valence-corrected chi connectivity index (χ3v) is 5.59. The Morgan fingerprint density at radius 3 is 2.75 bits per heavy atom. The van der Waals surface area contributed by atoms with Crippen molar-refractivity contribution in [1.82, 2.24) is 15.5 Å². The topological polar surface area (TPSA) is 61.4 Å². The molecule has 0 radical (unpaired) electrons. The Morgan fingerprint density at radius 2 is 2.17 bits per heavy atom. The zero-order chi connectivity index (χ0) is 16.8. The summed E-state index contributed by atoms with van der Waals surface area (Å²) >= 11 is 7.40. The molecule has 2 amide bonds. The lowest BCUT2D eigenvalue weighted by atomic mass is 9.98. The molecule has 2 atom stereocenters. The van der Waals surface area contributed by atoms with Gasteiger partial charge in [0, 0.05) is 39.1 Å². The highest BCUT2D eigenvalue weighted by Gasteiger charge is 2.33. The Labute approximate surface area is 158 Å². The van der Waals surface area contributed by atoms with Crippen LogP contribution in [-0.2, 0) is 4.79 Å². The third-order valence-electron chi connectivity index (χ3n) is 4.25. The van der Waals surface area contributed by atoms with Gasteiger partial charge in [-0.15, -0.1) is 23.7 Å². The van der Waals surface area contributed by atoms with Gasteiger partial charge in [-0.25, -0.2) is 0 Å². The van der Waals surface area contributed by atoms with Crippen LogP contribution in [0, 0.1) is 5.92 Å². The standard InChI is InChI=1S/C16H24ClN3O2S.ClH/c1-3-4-11-9-20(7-5-14(21)18-2)10-13(11)19-16(22)15-12(17)6-8-23-15;/h6,8,11,13H,3-5,7,9-10H2,1-2H3,(H,18,21)(H,19,22);1H/t11-,13-;/m0./s1. The Bertz CT molecular complexity index is 553. The summed E-state index contributed by atoms with van der Waals surface area (Å²) in [5, 5.41) is 8.11. The summed E-state index contributed by atoms with van der Waals surface area (Å²) in [6, 6.07) is 1.86. The first-order valence-corrected chi connectivity index (χ1v) is 9.27. The maximum atomic E-state index is 12.4. The molecular formula is C16H25Cl2N3O2S. The Morgan fingerprint density at radius 1 is 1.42 bits per heavy atom. The van der Waals surface area contributed by atoms with Crippen molar-refractivity contribution in [3.63, 3.8) is 0 Å². The van der Waals surface area contributed by atoms with E-state index >= 15 is 0 Å². The van der Waals surface area contributed by atoms with Crippen LogP contribution >= 0.6 is 35.3 Å². The van der Waals surface area contributed by atoms with E-state index in [2.05, 4.69) is 22.5 Å². The first kappa shape index (κ1) is 21.2. The van der Waals surface area contributed by atoms with Crippen LogP contribution in [-0.4, -0.2) is 49.4 Å². The highest BCUT2D eigenvalue weighted by Crippen LogP contribution is 2.25. The number of carbonyl (C=O) groups is 2. The van der Waals surface area contributed by atoms with Crippen LogP contribution in [0.3, 0.4) is 0 Å². The third kappa shape index (κ3) is 5.62. The molecule has 2 N–H and O–H groups in total. The highest BCUT2D eigenvalue weighted by atomic mass is 35.5. The van der Waals surface area contributed by atoms with Crippen LogP contribution in [0.15, 0.2) is 11.4 Å². The fraction of sp³-hybridized carbons (Fsp3) is 0.625. The molecule has 0 spiro atoms. The van der Waals surface area contributed by atoms with E-state index in [1.54, 1.807) is 13.1 Å². The van der Waals surface area contributed by atoms with Gasteiger partial charge in [0.2, 0.25) is 5.91 Å². The number of carbonyl (C=O) groups excluding carboxylic acids is 2. The molecule has 1 aromatic rings. The molecule has 0 aromatic carbocycles. The zero-order valence-corrected chi connectivity index (χ0v) is 16.4. The molecule has 0 aliphatic carbocycles. The molecule has 5 nitrogen and oxygen atoms in total. The average molecular weight is 394 g/mol. The molecule has 24 heavy (non-hydrogen) atoms. The average Bonchev–Trinajstić information content (AvgIpc) is 3.12. The van der Waals surface area contributed by atoms with Gasteiger partial charge in [0.15, 0.2) is 0 Å². The van der Waals surface area contributed by atoms with Crippen molar-refractivity contribution in [2.75, 3.05) is 26.7 Å². The monoisotopic (exact) mass is 393 g/mol. The minimum Gasteiger partial charge on any atom is -0.359 e.